The quantitative estimate of drug-likeness (QED) is 0.584. The number of hydrogen-bond donors (Lipinski definition) is 1. The number of hydrogen-bond acceptors (Lipinski definition) is 4. The van der Waals surface area contributed by atoms with E-state index in [1.807, 2.05) is 37.3 Å². The van der Waals surface area contributed by atoms with Crippen LogP contribution in [0.4, 0.5) is 0 Å². The summed E-state index contributed by atoms with van der Waals surface area (Å²) in [5.41, 5.74) is 2.26. The molecule has 1 heterocycles. The average molecular weight is 298 g/mol. The van der Waals surface area contributed by atoms with Crippen molar-refractivity contribution in [3.63, 3.8) is 0 Å². The van der Waals surface area contributed by atoms with Crippen molar-refractivity contribution in [1.82, 2.24) is 9.55 Å². The standard InChI is InChI=1S/C16H14N2O2S/c1-10-3-8-14-13(9-10)15(19)18(16(21)17-14)11-4-6-12(20-2)7-5-11/h3-9H,1-2H3,(H,17,21). The lowest BCUT2D eigenvalue weighted by atomic mass is 10.1. The van der Waals surface area contributed by atoms with E-state index >= 15 is 0 Å². The van der Waals surface area contributed by atoms with Gasteiger partial charge in [-0.1, -0.05) is 11.6 Å². The molecule has 1 aromatic heterocycles. The molecule has 0 unspecified atom stereocenters. The molecule has 0 saturated carbocycles. The maximum Gasteiger partial charge on any atom is 0.266 e. The van der Waals surface area contributed by atoms with Crippen LogP contribution < -0.4 is 10.3 Å². The van der Waals surface area contributed by atoms with Gasteiger partial charge < -0.3 is 4.74 Å². The fraction of sp³-hybridized carbons (Fsp3) is 0.125. The summed E-state index contributed by atoms with van der Waals surface area (Å²) in [6, 6.07) is 12.8. The molecule has 3 aromatic rings. The SMILES string of the molecule is COc1ccc(-n2c(S)nc3ccc(C)cc3c2=O)cc1. The van der Waals surface area contributed by atoms with Crippen LogP contribution in [0.3, 0.4) is 0 Å². The smallest absolute Gasteiger partial charge is 0.266 e. The Hall–Kier alpha value is -2.27. The van der Waals surface area contributed by atoms with E-state index in [0.717, 1.165) is 11.3 Å². The number of thiol groups is 1. The average Bonchev–Trinajstić information content (AvgIpc) is 2.49. The number of rotatable bonds is 2. The summed E-state index contributed by atoms with van der Waals surface area (Å²) in [6.45, 7) is 1.95. The summed E-state index contributed by atoms with van der Waals surface area (Å²) in [5, 5.41) is 0.949. The zero-order valence-electron chi connectivity index (χ0n) is 11.7. The maximum atomic E-state index is 12.7. The topological polar surface area (TPSA) is 44.1 Å². The fourth-order valence-electron chi connectivity index (χ4n) is 2.25. The van der Waals surface area contributed by atoms with Gasteiger partial charge in [-0.15, -0.1) is 12.6 Å². The number of fused-ring (bicyclic) bond motifs is 1. The molecule has 0 N–H and O–H groups in total. The Kier molecular flexibility index (Phi) is 3.43. The molecule has 0 fully saturated rings. The minimum absolute atomic E-state index is 0.126. The lowest BCUT2D eigenvalue weighted by Gasteiger charge is -2.11. The van der Waals surface area contributed by atoms with E-state index in [1.165, 1.54) is 4.57 Å². The van der Waals surface area contributed by atoms with Crippen molar-refractivity contribution < 1.29 is 4.74 Å². The van der Waals surface area contributed by atoms with Crippen molar-refractivity contribution in [2.24, 2.45) is 0 Å². The van der Waals surface area contributed by atoms with Gasteiger partial charge in [-0.3, -0.25) is 9.36 Å². The van der Waals surface area contributed by atoms with Gasteiger partial charge in [0.2, 0.25) is 0 Å². The summed E-state index contributed by atoms with van der Waals surface area (Å²) in [5.74, 6) is 0.733. The first-order valence-electron chi connectivity index (χ1n) is 6.47. The van der Waals surface area contributed by atoms with Crippen molar-refractivity contribution in [3.8, 4) is 11.4 Å². The molecule has 0 bridgehead atoms. The van der Waals surface area contributed by atoms with Gasteiger partial charge in [0.1, 0.15) is 5.75 Å². The van der Waals surface area contributed by atoms with Crippen LogP contribution in [0.5, 0.6) is 5.75 Å². The molecule has 106 valence electrons. The molecule has 0 radical (unpaired) electrons. The predicted octanol–water partition coefficient (Wildman–Crippen LogP) is 2.99. The molecule has 4 nitrogen and oxygen atoms in total. The molecule has 0 aliphatic rings. The molecule has 3 rings (SSSR count). The van der Waals surface area contributed by atoms with Crippen LogP contribution in [0.25, 0.3) is 16.6 Å². The Morgan fingerprint density at radius 1 is 1.14 bits per heavy atom. The molecule has 21 heavy (non-hydrogen) atoms. The second kappa shape index (κ2) is 5.26. The molecular weight excluding hydrogens is 284 g/mol. The van der Waals surface area contributed by atoms with Gasteiger partial charge in [-0.05, 0) is 43.3 Å². The zero-order chi connectivity index (χ0) is 15.0. The van der Waals surface area contributed by atoms with E-state index in [2.05, 4.69) is 17.6 Å². The van der Waals surface area contributed by atoms with E-state index in [9.17, 15) is 4.79 Å². The summed E-state index contributed by atoms with van der Waals surface area (Å²) < 4.78 is 6.62. The van der Waals surface area contributed by atoms with Gasteiger partial charge in [-0.25, -0.2) is 4.98 Å². The van der Waals surface area contributed by atoms with Crippen molar-refractivity contribution >= 4 is 23.5 Å². The van der Waals surface area contributed by atoms with E-state index in [4.69, 9.17) is 4.74 Å². The van der Waals surface area contributed by atoms with Gasteiger partial charge in [-0.2, -0.15) is 0 Å². The first kappa shape index (κ1) is 13.7. The molecule has 2 aromatic carbocycles. The third kappa shape index (κ3) is 2.40. The summed E-state index contributed by atoms with van der Waals surface area (Å²) in [4.78, 5) is 17.1. The molecule has 0 saturated heterocycles. The Labute approximate surface area is 127 Å². The minimum atomic E-state index is -0.126. The highest BCUT2D eigenvalue weighted by atomic mass is 32.1. The van der Waals surface area contributed by atoms with Gasteiger partial charge in [0.25, 0.3) is 5.56 Å². The van der Waals surface area contributed by atoms with Crippen molar-refractivity contribution in [3.05, 3.63) is 58.4 Å². The molecule has 5 heteroatoms. The van der Waals surface area contributed by atoms with Crippen LogP contribution in [0, 0.1) is 6.92 Å². The molecule has 0 spiro atoms. The van der Waals surface area contributed by atoms with Crippen molar-refractivity contribution in [2.75, 3.05) is 7.11 Å². The second-order valence-corrected chi connectivity index (χ2v) is 5.17. The molecule has 0 atom stereocenters. The highest BCUT2D eigenvalue weighted by Gasteiger charge is 2.10. The Balaban J connectivity index is 2.28. The Morgan fingerprint density at radius 3 is 2.52 bits per heavy atom. The summed E-state index contributed by atoms with van der Waals surface area (Å²) >= 11 is 4.35. The van der Waals surface area contributed by atoms with Crippen molar-refractivity contribution in [1.29, 1.82) is 0 Å². The zero-order valence-corrected chi connectivity index (χ0v) is 12.6. The number of nitrogens with zero attached hydrogens (tertiary/aromatic N) is 2. The highest BCUT2D eigenvalue weighted by molar-refractivity contribution is 7.80. The van der Waals surface area contributed by atoms with Crippen molar-refractivity contribution in [2.45, 2.75) is 12.1 Å². The number of aryl methyl sites for hydroxylation is 1. The van der Waals surface area contributed by atoms with E-state index in [-0.39, 0.29) is 5.56 Å². The molecule has 0 aliphatic carbocycles. The molecular formula is C16H14N2O2S. The van der Waals surface area contributed by atoms with Gasteiger partial charge in [0.05, 0.1) is 23.7 Å². The number of ether oxygens (including phenoxy) is 1. The third-order valence-corrected chi connectivity index (χ3v) is 3.64. The highest BCUT2D eigenvalue weighted by Crippen LogP contribution is 2.18. The third-order valence-electron chi connectivity index (χ3n) is 3.34. The Bertz CT molecular complexity index is 870. The van der Waals surface area contributed by atoms with Crippen LogP contribution in [0.2, 0.25) is 0 Å². The summed E-state index contributed by atoms with van der Waals surface area (Å²) in [7, 11) is 1.60. The normalized spacial score (nSPS) is 10.8. The van der Waals surface area contributed by atoms with Crippen LogP contribution in [-0.4, -0.2) is 16.7 Å². The van der Waals surface area contributed by atoms with E-state index < -0.39 is 0 Å². The maximum absolute atomic E-state index is 12.7. The lowest BCUT2D eigenvalue weighted by molar-refractivity contribution is 0.414. The van der Waals surface area contributed by atoms with E-state index in [1.54, 1.807) is 19.2 Å². The number of benzene rings is 2. The molecule has 0 aliphatic heterocycles. The van der Waals surface area contributed by atoms with Gasteiger partial charge in [0.15, 0.2) is 5.16 Å². The Morgan fingerprint density at radius 2 is 1.86 bits per heavy atom. The summed E-state index contributed by atoms with van der Waals surface area (Å²) in [6.07, 6.45) is 0. The van der Waals surface area contributed by atoms with Crippen LogP contribution in [-0.2, 0) is 0 Å². The number of aromatic nitrogens is 2. The van der Waals surface area contributed by atoms with Gasteiger partial charge >= 0.3 is 0 Å². The monoisotopic (exact) mass is 298 g/mol. The van der Waals surface area contributed by atoms with E-state index in [0.29, 0.717) is 21.7 Å². The van der Waals surface area contributed by atoms with Crippen LogP contribution in [0.15, 0.2) is 52.4 Å². The largest absolute Gasteiger partial charge is 0.497 e. The first-order chi connectivity index (χ1) is 10.1. The van der Waals surface area contributed by atoms with Crippen LogP contribution in [0.1, 0.15) is 5.56 Å². The predicted molar refractivity (Wildman–Crippen MR) is 85.9 cm³/mol. The second-order valence-electron chi connectivity index (χ2n) is 4.77. The minimum Gasteiger partial charge on any atom is -0.497 e. The fourth-order valence-corrected chi connectivity index (χ4v) is 2.57. The number of methoxy groups -OCH3 is 1. The first-order valence-corrected chi connectivity index (χ1v) is 6.91. The molecule has 0 amide bonds. The van der Waals surface area contributed by atoms with Gasteiger partial charge in [0, 0.05) is 0 Å². The van der Waals surface area contributed by atoms with Crippen LogP contribution >= 0.6 is 12.6 Å². The lowest BCUT2D eigenvalue weighted by Crippen LogP contribution is -2.21.